The Morgan fingerprint density at radius 2 is 1.95 bits per heavy atom. The molecule has 0 aromatic rings. The molecule has 0 unspecified atom stereocenters. The molecule has 0 bridgehead atoms. The van der Waals surface area contributed by atoms with E-state index in [1.807, 2.05) is 0 Å². The average molecular weight is 287 g/mol. The Kier molecular flexibility index (Phi) is 3.03. The molecule has 3 saturated carbocycles. The van der Waals surface area contributed by atoms with Crippen molar-refractivity contribution in [1.82, 2.24) is 0 Å². The topological polar surface area (TPSA) is 32.6 Å². The van der Waals surface area contributed by atoms with E-state index >= 15 is 0 Å². The van der Waals surface area contributed by atoms with Gasteiger partial charge in [0.15, 0.2) is 0 Å². The lowest BCUT2D eigenvalue weighted by molar-refractivity contribution is -0.0763. The summed E-state index contributed by atoms with van der Waals surface area (Å²) in [7, 11) is 0. The zero-order valence-electron chi connectivity index (χ0n) is 13.5. The number of oxime groups is 1. The van der Waals surface area contributed by atoms with Crippen LogP contribution in [0.15, 0.2) is 17.3 Å². The molecule has 0 aliphatic heterocycles. The maximum absolute atomic E-state index is 9.38. The maximum atomic E-state index is 9.38. The Bertz CT molecular complexity index is 496. The third-order valence-corrected chi connectivity index (χ3v) is 8.07. The van der Waals surface area contributed by atoms with Crippen molar-refractivity contribution in [2.24, 2.45) is 39.7 Å². The zero-order valence-corrected chi connectivity index (χ0v) is 13.5. The van der Waals surface area contributed by atoms with Crippen LogP contribution in [0.4, 0.5) is 0 Å². The van der Waals surface area contributed by atoms with E-state index in [2.05, 4.69) is 31.2 Å². The van der Waals surface area contributed by atoms with Crippen LogP contribution in [-0.4, -0.2) is 10.9 Å². The molecule has 6 atom stereocenters. The Morgan fingerprint density at radius 3 is 2.76 bits per heavy atom. The third kappa shape index (κ3) is 1.74. The second kappa shape index (κ2) is 4.60. The molecular formula is C19H29NO. The SMILES string of the molecule is C[C@@]12CC=CC[C@@H]1CC[C@H]1[C@H]2CC[C@]2(C)C(=NO)CC[C@@H]12. The molecule has 0 heterocycles. The predicted molar refractivity (Wildman–Crippen MR) is 85.5 cm³/mol. The van der Waals surface area contributed by atoms with Gasteiger partial charge in [-0.25, -0.2) is 0 Å². The Labute approximate surface area is 128 Å². The number of nitrogens with zero attached hydrogens (tertiary/aromatic N) is 1. The summed E-state index contributed by atoms with van der Waals surface area (Å²) < 4.78 is 0. The molecular weight excluding hydrogens is 258 g/mol. The molecule has 0 aromatic carbocycles. The number of hydrogen-bond donors (Lipinski definition) is 1. The van der Waals surface area contributed by atoms with Gasteiger partial charge in [-0.05, 0) is 80.5 Å². The molecule has 4 aliphatic rings. The standard InChI is InChI=1S/C19H29NO/c1-18-11-4-3-5-13(18)6-7-14-15-8-9-17(20-21)19(15,2)12-10-16(14)18/h3-4,13-16,21H,5-12H2,1-2H3/t13-,14-,15+,16-,18-,19+/m1/s1. The van der Waals surface area contributed by atoms with Gasteiger partial charge in [0.25, 0.3) is 0 Å². The molecule has 0 radical (unpaired) electrons. The lowest BCUT2D eigenvalue weighted by Gasteiger charge is -2.59. The first-order valence-corrected chi connectivity index (χ1v) is 8.96. The second-order valence-electron chi connectivity index (χ2n) is 8.61. The van der Waals surface area contributed by atoms with Gasteiger partial charge in [-0.1, -0.05) is 31.2 Å². The largest absolute Gasteiger partial charge is 0.411 e. The summed E-state index contributed by atoms with van der Waals surface area (Å²) >= 11 is 0. The molecule has 0 saturated heterocycles. The van der Waals surface area contributed by atoms with E-state index in [9.17, 15) is 5.21 Å². The molecule has 21 heavy (non-hydrogen) atoms. The molecule has 3 fully saturated rings. The highest BCUT2D eigenvalue weighted by atomic mass is 16.4. The monoisotopic (exact) mass is 287 g/mol. The summed E-state index contributed by atoms with van der Waals surface area (Å²) in [6.45, 7) is 4.96. The van der Waals surface area contributed by atoms with Crippen molar-refractivity contribution >= 4 is 5.71 Å². The van der Waals surface area contributed by atoms with E-state index in [0.29, 0.717) is 5.41 Å². The first-order chi connectivity index (χ1) is 10.1. The van der Waals surface area contributed by atoms with E-state index in [1.54, 1.807) is 0 Å². The minimum absolute atomic E-state index is 0.198. The Morgan fingerprint density at radius 1 is 1.10 bits per heavy atom. The Hall–Kier alpha value is -0.790. The van der Waals surface area contributed by atoms with E-state index in [0.717, 1.165) is 35.8 Å². The fraction of sp³-hybridized carbons (Fsp3) is 0.842. The molecule has 2 heteroatoms. The average Bonchev–Trinajstić information content (AvgIpc) is 2.83. The molecule has 1 N–H and O–H groups in total. The van der Waals surface area contributed by atoms with Crippen molar-refractivity contribution in [3.05, 3.63) is 12.2 Å². The molecule has 0 amide bonds. The van der Waals surface area contributed by atoms with Crippen LogP contribution in [0.2, 0.25) is 0 Å². The molecule has 4 aliphatic carbocycles. The van der Waals surface area contributed by atoms with Crippen LogP contribution in [0.1, 0.15) is 65.2 Å². The van der Waals surface area contributed by atoms with Gasteiger partial charge in [0.1, 0.15) is 0 Å². The van der Waals surface area contributed by atoms with E-state index in [4.69, 9.17) is 0 Å². The van der Waals surface area contributed by atoms with Crippen LogP contribution in [-0.2, 0) is 0 Å². The third-order valence-electron chi connectivity index (χ3n) is 8.07. The van der Waals surface area contributed by atoms with Crippen molar-refractivity contribution < 1.29 is 5.21 Å². The van der Waals surface area contributed by atoms with Gasteiger partial charge < -0.3 is 5.21 Å². The van der Waals surface area contributed by atoms with E-state index < -0.39 is 0 Å². The lowest BCUT2D eigenvalue weighted by Crippen LogP contribution is -2.52. The van der Waals surface area contributed by atoms with Crippen LogP contribution in [0, 0.1) is 34.5 Å². The molecule has 4 rings (SSSR count). The highest BCUT2D eigenvalue weighted by molar-refractivity contribution is 5.91. The van der Waals surface area contributed by atoms with Crippen LogP contribution in [0.25, 0.3) is 0 Å². The smallest absolute Gasteiger partial charge is 0.0632 e. The van der Waals surface area contributed by atoms with Gasteiger partial charge in [0.05, 0.1) is 5.71 Å². The van der Waals surface area contributed by atoms with Crippen LogP contribution < -0.4 is 0 Å². The molecule has 2 nitrogen and oxygen atoms in total. The number of hydrogen-bond acceptors (Lipinski definition) is 2. The van der Waals surface area contributed by atoms with Crippen molar-refractivity contribution in [2.75, 3.05) is 0 Å². The fourth-order valence-electron chi connectivity index (χ4n) is 6.79. The summed E-state index contributed by atoms with van der Waals surface area (Å²) in [6, 6.07) is 0. The number of rotatable bonds is 0. The van der Waals surface area contributed by atoms with Crippen molar-refractivity contribution in [3.8, 4) is 0 Å². The van der Waals surface area contributed by atoms with Gasteiger partial charge >= 0.3 is 0 Å². The summed E-state index contributed by atoms with van der Waals surface area (Å²) in [6.07, 6.45) is 15.2. The van der Waals surface area contributed by atoms with Crippen molar-refractivity contribution in [2.45, 2.75) is 65.2 Å². The second-order valence-corrected chi connectivity index (χ2v) is 8.61. The number of fused-ring (bicyclic) bond motifs is 5. The van der Waals surface area contributed by atoms with Crippen LogP contribution >= 0.6 is 0 Å². The summed E-state index contributed by atoms with van der Waals surface area (Å²) in [5.74, 6) is 3.46. The Balaban J connectivity index is 1.67. The molecule has 0 aromatic heterocycles. The van der Waals surface area contributed by atoms with Crippen LogP contribution in [0.3, 0.4) is 0 Å². The van der Waals surface area contributed by atoms with Crippen LogP contribution in [0.5, 0.6) is 0 Å². The highest BCUT2D eigenvalue weighted by Crippen LogP contribution is 2.64. The van der Waals surface area contributed by atoms with Gasteiger partial charge in [0, 0.05) is 5.41 Å². The first kappa shape index (κ1) is 13.8. The number of allylic oxidation sites excluding steroid dienone is 2. The van der Waals surface area contributed by atoms with Gasteiger partial charge in [-0.3, -0.25) is 0 Å². The lowest BCUT2D eigenvalue weighted by atomic mass is 9.46. The normalized spacial score (nSPS) is 54.1. The minimum atomic E-state index is 0.198. The summed E-state index contributed by atoms with van der Waals surface area (Å²) in [5, 5.41) is 13.1. The molecule has 0 spiro atoms. The van der Waals surface area contributed by atoms with Gasteiger partial charge in [-0.15, -0.1) is 0 Å². The van der Waals surface area contributed by atoms with E-state index in [-0.39, 0.29) is 5.41 Å². The predicted octanol–water partition coefficient (Wildman–Crippen LogP) is 5.03. The zero-order chi connectivity index (χ0) is 14.7. The first-order valence-electron chi connectivity index (χ1n) is 8.96. The summed E-state index contributed by atoms with van der Waals surface area (Å²) in [4.78, 5) is 0. The highest BCUT2D eigenvalue weighted by Gasteiger charge is 2.58. The van der Waals surface area contributed by atoms with Crippen molar-refractivity contribution in [3.63, 3.8) is 0 Å². The van der Waals surface area contributed by atoms with Gasteiger partial charge in [0.2, 0.25) is 0 Å². The molecule has 116 valence electrons. The van der Waals surface area contributed by atoms with Crippen molar-refractivity contribution in [1.29, 1.82) is 0 Å². The van der Waals surface area contributed by atoms with Gasteiger partial charge in [-0.2, -0.15) is 0 Å². The fourth-order valence-corrected chi connectivity index (χ4v) is 6.79. The maximum Gasteiger partial charge on any atom is 0.0632 e. The summed E-state index contributed by atoms with van der Waals surface area (Å²) in [5.41, 5.74) is 1.84. The quantitative estimate of drug-likeness (QED) is 0.378. The minimum Gasteiger partial charge on any atom is -0.411 e. The van der Waals surface area contributed by atoms with E-state index in [1.165, 1.54) is 44.9 Å².